The maximum absolute atomic E-state index is 12.6. The molecule has 4 bridgehead atoms. The van der Waals surface area contributed by atoms with Gasteiger partial charge in [0.2, 0.25) is 11.8 Å². The van der Waals surface area contributed by atoms with Crippen molar-refractivity contribution in [1.82, 2.24) is 20.4 Å². The summed E-state index contributed by atoms with van der Waals surface area (Å²) >= 11 is 0. The van der Waals surface area contributed by atoms with E-state index >= 15 is 0 Å². The van der Waals surface area contributed by atoms with Crippen LogP contribution in [0.4, 0.5) is 0 Å². The molecule has 0 radical (unpaired) electrons. The quantitative estimate of drug-likeness (QED) is 0.688. The Kier molecular flexibility index (Phi) is 5.55. The smallest absolute Gasteiger partial charge is 0.239 e. The zero-order valence-corrected chi connectivity index (χ0v) is 18.1. The fourth-order valence-electron chi connectivity index (χ4n) is 6.80. The van der Waals surface area contributed by atoms with Gasteiger partial charge in [-0.15, -0.1) is 0 Å². The van der Waals surface area contributed by atoms with E-state index in [2.05, 4.69) is 21.8 Å². The maximum Gasteiger partial charge on any atom is 0.239 e. The molecule has 6 heteroatoms. The molecule has 1 heterocycles. The van der Waals surface area contributed by atoms with Crippen LogP contribution in [0.2, 0.25) is 0 Å². The van der Waals surface area contributed by atoms with Gasteiger partial charge < -0.3 is 10.6 Å². The van der Waals surface area contributed by atoms with E-state index in [1.54, 1.807) is 6.20 Å². The number of aromatic nitrogens is 2. The number of nitrogens with zero attached hydrogens (tertiary/aromatic N) is 2. The lowest BCUT2D eigenvalue weighted by atomic mass is 9.49. The average Bonchev–Trinajstić information content (AvgIpc) is 3.23. The van der Waals surface area contributed by atoms with Gasteiger partial charge in [0.05, 0.1) is 13.1 Å². The van der Waals surface area contributed by atoms with Crippen molar-refractivity contribution in [2.24, 2.45) is 23.2 Å². The van der Waals surface area contributed by atoms with E-state index in [1.165, 1.54) is 38.5 Å². The standard InChI is InChI=1S/C25H32N4O2/c30-23(14-25-11-18-8-19(12-25)10-20(9-18)13-25)27-16-24(31)26-15-21-4-1-2-5-22(21)17-29-7-3-6-28-29/h1-7,18-20H,8-17H2,(H,26,31)(H,27,30). The van der Waals surface area contributed by atoms with Gasteiger partial charge in [0.1, 0.15) is 0 Å². The van der Waals surface area contributed by atoms with Gasteiger partial charge in [0.15, 0.2) is 0 Å². The van der Waals surface area contributed by atoms with Crippen LogP contribution in [0.15, 0.2) is 42.7 Å². The van der Waals surface area contributed by atoms with Crippen LogP contribution in [-0.4, -0.2) is 28.1 Å². The van der Waals surface area contributed by atoms with Gasteiger partial charge in [-0.3, -0.25) is 14.3 Å². The van der Waals surface area contributed by atoms with Crippen LogP contribution in [0.3, 0.4) is 0 Å². The zero-order chi connectivity index (χ0) is 21.3. The van der Waals surface area contributed by atoms with Gasteiger partial charge in [-0.1, -0.05) is 24.3 Å². The van der Waals surface area contributed by atoms with Crippen molar-refractivity contribution in [3.8, 4) is 0 Å². The van der Waals surface area contributed by atoms with E-state index in [9.17, 15) is 9.59 Å². The van der Waals surface area contributed by atoms with Crippen LogP contribution in [0.5, 0.6) is 0 Å². The topological polar surface area (TPSA) is 76.0 Å². The lowest BCUT2D eigenvalue weighted by Gasteiger charge is -2.56. The lowest BCUT2D eigenvalue weighted by molar-refractivity contribution is -0.131. The number of carbonyl (C=O) groups is 2. The predicted octanol–water partition coefficient (Wildman–Crippen LogP) is 3.27. The normalized spacial score (nSPS) is 28.5. The highest BCUT2D eigenvalue weighted by molar-refractivity contribution is 5.85. The minimum Gasteiger partial charge on any atom is -0.350 e. The largest absolute Gasteiger partial charge is 0.350 e. The SMILES string of the molecule is O=C(CNC(=O)CC12CC3CC(CC(C3)C1)C2)NCc1ccccc1Cn1cccn1. The first-order valence-electron chi connectivity index (χ1n) is 11.6. The van der Waals surface area contributed by atoms with Gasteiger partial charge in [-0.2, -0.15) is 5.10 Å². The molecule has 0 unspecified atom stereocenters. The molecule has 4 fully saturated rings. The highest BCUT2D eigenvalue weighted by Crippen LogP contribution is 2.61. The van der Waals surface area contributed by atoms with Gasteiger partial charge in [0.25, 0.3) is 0 Å². The number of amides is 2. The molecule has 0 aliphatic heterocycles. The Balaban J connectivity index is 1.09. The molecule has 4 aliphatic carbocycles. The third kappa shape index (κ3) is 4.68. The number of hydrogen-bond acceptors (Lipinski definition) is 3. The molecule has 0 saturated heterocycles. The summed E-state index contributed by atoms with van der Waals surface area (Å²) in [5.41, 5.74) is 2.39. The zero-order valence-electron chi connectivity index (χ0n) is 18.1. The summed E-state index contributed by atoms with van der Waals surface area (Å²) in [6, 6.07) is 9.94. The molecule has 4 aliphatic rings. The average molecular weight is 421 g/mol. The molecular weight excluding hydrogens is 388 g/mol. The van der Waals surface area contributed by atoms with E-state index in [0.29, 0.717) is 19.5 Å². The second-order valence-electron chi connectivity index (χ2n) is 10.1. The van der Waals surface area contributed by atoms with Crippen LogP contribution >= 0.6 is 0 Å². The van der Waals surface area contributed by atoms with Crippen LogP contribution in [0.25, 0.3) is 0 Å². The van der Waals surface area contributed by atoms with E-state index < -0.39 is 0 Å². The number of hydrogen-bond donors (Lipinski definition) is 2. The first kappa shape index (κ1) is 20.3. The first-order valence-corrected chi connectivity index (χ1v) is 11.6. The molecule has 0 spiro atoms. The van der Waals surface area contributed by atoms with Crippen molar-refractivity contribution in [2.45, 2.75) is 58.0 Å². The Morgan fingerprint density at radius 1 is 0.935 bits per heavy atom. The van der Waals surface area contributed by atoms with Crippen molar-refractivity contribution in [3.05, 3.63) is 53.9 Å². The predicted molar refractivity (Wildman–Crippen MR) is 118 cm³/mol. The summed E-state index contributed by atoms with van der Waals surface area (Å²) in [6.45, 7) is 1.16. The third-order valence-corrected chi connectivity index (χ3v) is 7.63. The van der Waals surface area contributed by atoms with Crippen molar-refractivity contribution in [2.75, 3.05) is 6.54 Å². The molecular formula is C25H32N4O2. The van der Waals surface area contributed by atoms with Crippen LogP contribution < -0.4 is 10.6 Å². The highest BCUT2D eigenvalue weighted by Gasteiger charge is 2.51. The second kappa shape index (κ2) is 8.48. The lowest BCUT2D eigenvalue weighted by Crippen LogP contribution is -2.48. The molecule has 31 heavy (non-hydrogen) atoms. The summed E-state index contributed by atoms with van der Waals surface area (Å²) in [6.07, 6.45) is 12.1. The summed E-state index contributed by atoms with van der Waals surface area (Å²) in [5.74, 6) is 2.40. The fourth-order valence-corrected chi connectivity index (χ4v) is 6.80. The minimum atomic E-state index is -0.146. The Morgan fingerprint density at radius 2 is 1.61 bits per heavy atom. The summed E-state index contributed by atoms with van der Waals surface area (Å²) in [4.78, 5) is 25.0. The first-order chi connectivity index (χ1) is 15.1. The molecule has 0 atom stereocenters. The number of nitrogens with one attached hydrogen (secondary N) is 2. The molecule has 164 valence electrons. The monoisotopic (exact) mass is 420 g/mol. The Labute approximate surface area is 183 Å². The van der Waals surface area contributed by atoms with Crippen molar-refractivity contribution < 1.29 is 9.59 Å². The van der Waals surface area contributed by atoms with E-state index in [0.717, 1.165) is 28.9 Å². The second-order valence-corrected chi connectivity index (χ2v) is 10.1. The van der Waals surface area contributed by atoms with Gasteiger partial charge in [-0.05, 0) is 78.9 Å². The molecule has 6 nitrogen and oxygen atoms in total. The Bertz CT molecular complexity index is 901. The molecule has 6 rings (SSSR count). The van der Waals surface area contributed by atoms with Gasteiger partial charge >= 0.3 is 0 Å². The molecule has 2 aromatic rings. The molecule has 2 N–H and O–H groups in total. The van der Waals surface area contributed by atoms with Crippen molar-refractivity contribution in [1.29, 1.82) is 0 Å². The number of benzene rings is 1. The summed E-state index contributed by atoms with van der Waals surface area (Å²) in [7, 11) is 0. The third-order valence-electron chi connectivity index (χ3n) is 7.63. The van der Waals surface area contributed by atoms with Gasteiger partial charge in [0, 0.05) is 25.4 Å². The Hall–Kier alpha value is -2.63. The van der Waals surface area contributed by atoms with Crippen LogP contribution in [0, 0.1) is 23.2 Å². The van der Waals surface area contributed by atoms with Gasteiger partial charge in [-0.25, -0.2) is 0 Å². The minimum absolute atomic E-state index is 0.0381. The van der Waals surface area contributed by atoms with E-state index in [-0.39, 0.29) is 23.8 Å². The molecule has 1 aromatic heterocycles. The highest BCUT2D eigenvalue weighted by atomic mass is 16.2. The van der Waals surface area contributed by atoms with Crippen LogP contribution in [0.1, 0.15) is 56.1 Å². The number of carbonyl (C=O) groups excluding carboxylic acids is 2. The number of rotatable bonds is 8. The maximum atomic E-state index is 12.6. The Morgan fingerprint density at radius 3 is 2.26 bits per heavy atom. The fraction of sp³-hybridized carbons (Fsp3) is 0.560. The molecule has 2 amide bonds. The summed E-state index contributed by atoms with van der Waals surface area (Å²) < 4.78 is 1.87. The van der Waals surface area contributed by atoms with Crippen molar-refractivity contribution >= 4 is 11.8 Å². The van der Waals surface area contributed by atoms with E-state index in [4.69, 9.17) is 0 Å². The molecule has 1 aromatic carbocycles. The van der Waals surface area contributed by atoms with Crippen molar-refractivity contribution in [3.63, 3.8) is 0 Å². The van der Waals surface area contributed by atoms with E-state index in [1.807, 2.05) is 35.1 Å². The summed E-state index contributed by atoms with van der Waals surface area (Å²) in [5, 5.41) is 10.1. The molecule has 4 saturated carbocycles. The van der Waals surface area contributed by atoms with Crippen LogP contribution in [-0.2, 0) is 22.7 Å².